The highest BCUT2D eigenvalue weighted by Gasteiger charge is 2.36. The number of halogens is 6. The Morgan fingerprint density at radius 3 is 2.45 bits per heavy atom. The molecule has 0 unspecified atom stereocenters. The van der Waals surface area contributed by atoms with Crippen molar-refractivity contribution in [1.29, 1.82) is 0 Å². The number of alkyl halides is 3. The third-order valence-electron chi connectivity index (χ3n) is 3.67. The Hall–Kier alpha value is -2.42. The zero-order chi connectivity index (χ0) is 21.2. The molecular weight excluding hydrogens is 454 g/mol. The molecule has 0 fully saturated rings. The molecule has 0 saturated heterocycles. The Morgan fingerprint density at radius 1 is 1.10 bits per heavy atom. The lowest BCUT2D eigenvalue weighted by Gasteiger charge is -2.16. The summed E-state index contributed by atoms with van der Waals surface area (Å²) in [6.45, 7) is -0.301. The van der Waals surface area contributed by atoms with Crippen molar-refractivity contribution in [3.63, 3.8) is 0 Å². The summed E-state index contributed by atoms with van der Waals surface area (Å²) in [4.78, 5) is 12.2. The zero-order valence-corrected chi connectivity index (χ0v) is 16.6. The van der Waals surface area contributed by atoms with Crippen LogP contribution in [0.1, 0.15) is 5.56 Å². The first-order valence-corrected chi connectivity index (χ1v) is 9.08. The average Bonchev–Trinajstić information content (AvgIpc) is 3.11. The second-order valence-corrected chi connectivity index (χ2v) is 6.82. The van der Waals surface area contributed by atoms with Crippen molar-refractivity contribution in [1.82, 2.24) is 9.78 Å². The first-order chi connectivity index (χ1) is 13.7. The summed E-state index contributed by atoms with van der Waals surface area (Å²) in [6.07, 6.45) is -3.43. The van der Waals surface area contributed by atoms with Crippen LogP contribution in [-0.4, -0.2) is 22.3 Å². The molecule has 29 heavy (non-hydrogen) atoms. The average molecular weight is 465 g/mol. The van der Waals surface area contributed by atoms with Crippen molar-refractivity contribution < 1.29 is 22.7 Å². The summed E-state index contributed by atoms with van der Waals surface area (Å²) in [5, 5.41) is 4.98. The number of hydrogen-bond donors (Lipinski definition) is 1. The van der Waals surface area contributed by atoms with Gasteiger partial charge in [-0.15, -0.1) is 0 Å². The Balaban J connectivity index is 1.85. The molecule has 0 saturated carbocycles. The van der Waals surface area contributed by atoms with Crippen molar-refractivity contribution in [2.24, 2.45) is 0 Å². The fraction of sp³-hybridized carbons (Fsp3) is 0.111. The van der Waals surface area contributed by atoms with E-state index in [0.717, 1.165) is 4.68 Å². The number of carbonyl (C=O) groups excluding carboxylic acids is 1. The first-order valence-electron chi connectivity index (χ1n) is 7.95. The van der Waals surface area contributed by atoms with E-state index in [0.29, 0.717) is 11.8 Å². The largest absolute Gasteiger partial charge is 0.484 e. The SMILES string of the molecule is O=C(COc1ccccc1)Nc1ccnn1-c1c(Cl)cc(C(F)(F)F)c(Cl)c1Cl. The van der Waals surface area contributed by atoms with E-state index in [1.165, 1.54) is 12.3 Å². The van der Waals surface area contributed by atoms with E-state index in [4.69, 9.17) is 39.5 Å². The molecule has 5 nitrogen and oxygen atoms in total. The normalized spacial score (nSPS) is 11.4. The Kier molecular flexibility index (Phi) is 6.26. The predicted octanol–water partition coefficient (Wildman–Crippen LogP) is 5.87. The lowest BCUT2D eigenvalue weighted by Crippen LogP contribution is -2.22. The highest BCUT2D eigenvalue weighted by Crippen LogP contribution is 2.44. The number of para-hydroxylation sites is 1. The molecule has 11 heteroatoms. The second kappa shape index (κ2) is 8.52. The monoisotopic (exact) mass is 463 g/mol. The number of hydrogen-bond acceptors (Lipinski definition) is 3. The maximum atomic E-state index is 13.1. The molecule has 0 atom stereocenters. The van der Waals surface area contributed by atoms with Gasteiger partial charge in [-0.3, -0.25) is 4.79 Å². The molecule has 1 N–H and O–H groups in total. The van der Waals surface area contributed by atoms with Gasteiger partial charge in [-0.2, -0.15) is 18.3 Å². The van der Waals surface area contributed by atoms with Gasteiger partial charge in [0.2, 0.25) is 0 Å². The van der Waals surface area contributed by atoms with Crippen LogP contribution < -0.4 is 10.1 Å². The number of nitrogens with zero attached hydrogens (tertiary/aromatic N) is 2. The van der Waals surface area contributed by atoms with Crippen LogP contribution in [0.5, 0.6) is 5.75 Å². The Labute approximate surface area is 177 Å². The molecule has 1 heterocycles. The molecule has 0 bridgehead atoms. The van der Waals surface area contributed by atoms with E-state index in [2.05, 4.69) is 10.4 Å². The van der Waals surface area contributed by atoms with Crippen molar-refractivity contribution in [2.75, 3.05) is 11.9 Å². The van der Waals surface area contributed by atoms with Gasteiger partial charge in [0, 0.05) is 6.07 Å². The fourth-order valence-electron chi connectivity index (χ4n) is 2.41. The molecule has 2 aromatic carbocycles. The number of aromatic nitrogens is 2. The molecule has 0 radical (unpaired) electrons. The van der Waals surface area contributed by atoms with Gasteiger partial charge in [0.1, 0.15) is 17.3 Å². The smallest absolute Gasteiger partial charge is 0.417 e. The van der Waals surface area contributed by atoms with Crippen molar-refractivity contribution in [2.45, 2.75) is 6.18 Å². The van der Waals surface area contributed by atoms with Crippen LogP contribution in [0.3, 0.4) is 0 Å². The minimum atomic E-state index is -4.74. The molecule has 3 rings (SSSR count). The first kappa shape index (κ1) is 21.3. The van der Waals surface area contributed by atoms with E-state index in [-0.39, 0.29) is 23.1 Å². The Morgan fingerprint density at radius 2 is 1.79 bits per heavy atom. The van der Waals surface area contributed by atoms with Crippen molar-refractivity contribution in [3.8, 4) is 11.4 Å². The quantitative estimate of drug-likeness (QED) is 0.481. The molecule has 0 aliphatic rings. The van der Waals surface area contributed by atoms with Crippen LogP contribution in [0.15, 0.2) is 48.7 Å². The van der Waals surface area contributed by atoms with Crippen LogP contribution in [0, 0.1) is 0 Å². The highest BCUT2D eigenvalue weighted by atomic mass is 35.5. The van der Waals surface area contributed by atoms with Gasteiger partial charge < -0.3 is 10.1 Å². The van der Waals surface area contributed by atoms with Crippen LogP contribution in [0.2, 0.25) is 15.1 Å². The van der Waals surface area contributed by atoms with E-state index in [1.807, 2.05) is 0 Å². The van der Waals surface area contributed by atoms with Crippen LogP contribution >= 0.6 is 34.8 Å². The van der Waals surface area contributed by atoms with E-state index >= 15 is 0 Å². The molecule has 1 amide bonds. The topological polar surface area (TPSA) is 56.1 Å². The van der Waals surface area contributed by atoms with Crippen LogP contribution in [-0.2, 0) is 11.0 Å². The van der Waals surface area contributed by atoms with Gasteiger partial charge in [0.25, 0.3) is 5.91 Å². The standard InChI is InChI=1S/C18H11Cl3F3N3O2/c19-12-8-11(18(22,23)24)15(20)16(21)17(12)27-13(6-7-25-27)26-14(28)9-29-10-4-2-1-3-5-10/h1-8H,9H2,(H,26,28). The lowest BCUT2D eigenvalue weighted by molar-refractivity contribution is -0.137. The third-order valence-corrected chi connectivity index (χ3v) is 4.82. The number of carbonyl (C=O) groups is 1. The van der Waals surface area contributed by atoms with Crippen molar-refractivity contribution >= 4 is 46.5 Å². The number of anilines is 1. The van der Waals surface area contributed by atoms with Crippen LogP contribution in [0.4, 0.5) is 19.0 Å². The Bertz CT molecular complexity index is 1040. The van der Waals surface area contributed by atoms with Gasteiger partial charge in [0.05, 0.1) is 26.8 Å². The molecule has 3 aromatic rings. The maximum Gasteiger partial charge on any atom is 0.417 e. The summed E-state index contributed by atoms with van der Waals surface area (Å²) in [7, 11) is 0. The van der Waals surface area contributed by atoms with E-state index in [9.17, 15) is 18.0 Å². The van der Waals surface area contributed by atoms with Gasteiger partial charge in [-0.1, -0.05) is 53.0 Å². The van der Waals surface area contributed by atoms with Gasteiger partial charge >= 0.3 is 6.18 Å². The molecular formula is C18H11Cl3F3N3O2. The second-order valence-electron chi connectivity index (χ2n) is 5.66. The van der Waals surface area contributed by atoms with E-state index in [1.54, 1.807) is 30.3 Å². The minimum absolute atomic E-state index is 0.101. The summed E-state index contributed by atoms with van der Waals surface area (Å²) in [5.74, 6) is 0.0870. The number of amides is 1. The molecule has 1 aromatic heterocycles. The summed E-state index contributed by atoms with van der Waals surface area (Å²) >= 11 is 17.8. The molecule has 0 aliphatic carbocycles. The number of rotatable bonds is 5. The number of ether oxygens (including phenoxy) is 1. The predicted molar refractivity (Wildman–Crippen MR) is 104 cm³/mol. The van der Waals surface area contributed by atoms with Crippen LogP contribution in [0.25, 0.3) is 5.69 Å². The minimum Gasteiger partial charge on any atom is -0.484 e. The van der Waals surface area contributed by atoms with Gasteiger partial charge in [-0.05, 0) is 18.2 Å². The van der Waals surface area contributed by atoms with Gasteiger partial charge in [-0.25, -0.2) is 4.68 Å². The summed E-state index contributed by atoms with van der Waals surface area (Å²) < 4.78 is 45.6. The molecule has 152 valence electrons. The number of nitrogens with one attached hydrogen (secondary N) is 1. The summed E-state index contributed by atoms with van der Waals surface area (Å²) in [5.41, 5.74) is -1.28. The van der Waals surface area contributed by atoms with E-state index < -0.39 is 27.7 Å². The third kappa shape index (κ3) is 4.77. The maximum absolute atomic E-state index is 13.1. The zero-order valence-electron chi connectivity index (χ0n) is 14.3. The molecule has 0 aliphatic heterocycles. The summed E-state index contributed by atoms with van der Waals surface area (Å²) in [6, 6.07) is 10.7. The highest BCUT2D eigenvalue weighted by molar-refractivity contribution is 6.45. The van der Waals surface area contributed by atoms with Gasteiger partial charge in [0.15, 0.2) is 6.61 Å². The van der Waals surface area contributed by atoms with Crippen molar-refractivity contribution in [3.05, 3.63) is 69.3 Å². The number of benzene rings is 2. The fourth-order valence-corrected chi connectivity index (χ4v) is 3.27. The lowest BCUT2D eigenvalue weighted by atomic mass is 10.2. The molecule has 0 spiro atoms.